The van der Waals surface area contributed by atoms with Gasteiger partial charge in [0.05, 0.1) is 5.52 Å². The second-order valence-electron chi connectivity index (χ2n) is 3.30. The number of rotatable bonds is 2. The van der Waals surface area contributed by atoms with Crippen LogP contribution in [0.3, 0.4) is 0 Å². The van der Waals surface area contributed by atoms with E-state index < -0.39 is 0 Å². The lowest BCUT2D eigenvalue weighted by Gasteiger charge is -2.02. The number of para-hydroxylation sites is 1. The Bertz CT molecular complexity index is 606. The van der Waals surface area contributed by atoms with Gasteiger partial charge in [-0.2, -0.15) is 0 Å². The van der Waals surface area contributed by atoms with Crippen LogP contribution in [0.1, 0.15) is 0 Å². The molecule has 5 heteroatoms. The zero-order valence-electron chi connectivity index (χ0n) is 8.29. The summed E-state index contributed by atoms with van der Waals surface area (Å²) in [4.78, 5) is 4.43. The molecule has 1 N–H and O–H groups in total. The van der Waals surface area contributed by atoms with Crippen molar-refractivity contribution in [3.05, 3.63) is 42.7 Å². The van der Waals surface area contributed by atoms with E-state index in [1.807, 2.05) is 36.4 Å². The van der Waals surface area contributed by atoms with Crippen molar-refractivity contribution >= 4 is 22.5 Å². The van der Waals surface area contributed by atoms with Crippen molar-refractivity contribution in [2.45, 2.75) is 0 Å². The molecule has 0 aliphatic heterocycles. The van der Waals surface area contributed by atoms with Gasteiger partial charge in [0, 0.05) is 10.7 Å². The fourth-order valence-corrected chi connectivity index (χ4v) is 1.49. The molecule has 0 bridgehead atoms. The highest BCUT2D eigenvalue weighted by Gasteiger charge is 2.00. The molecular weight excluding hydrogens is 204 g/mol. The van der Waals surface area contributed by atoms with Gasteiger partial charge >= 0.3 is 0 Å². The normalized spacial score (nSPS) is 10.5. The number of hydrogen-bond acceptors (Lipinski definition) is 5. The van der Waals surface area contributed by atoms with Crippen LogP contribution in [0.15, 0.2) is 47.2 Å². The molecule has 2 heterocycles. The van der Waals surface area contributed by atoms with Crippen LogP contribution in [0.4, 0.5) is 11.6 Å². The third-order valence-electron chi connectivity index (χ3n) is 2.21. The van der Waals surface area contributed by atoms with Crippen LogP contribution in [0.2, 0.25) is 0 Å². The lowest BCUT2D eigenvalue weighted by molar-refractivity contribution is 0.393. The maximum Gasteiger partial charge on any atom is 0.195 e. The van der Waals surface area contributed by atoms with Crippen molar-refractivity contribution in [1.29, 1.82) is 0 Å². The lowest BCUT2D eigenvalue weighted by Crippen LogP contribution is -1.93. The molecule has 0 spiro atoms. The highest BCUT2D eigenvalue weighted by atomic mass is 16.5. The van der Waals surface area contributed by atoms with Crippen LogP contribution in [0.5, 0.6) is 0 Å². The first-order valence-electron chi connectivity index (χ1n) is 4.82. The Hall–Kier alpha value is -2.43. The summed E-state index contributed by atoms with van der Waals surface area (Å²) >= 11 is 0. The van der Waals surface area contributed by atoms with Gasteiger partial charge in [-0.3, -0.25) is 0 Å². The number of anilines is 2. The minimum Gasteiger partial charge on any atom is -0.343 e. The predicted octanol–water partition coefficient (Wildman–Crippen LogP) is 2.36. The third kappa shape index (κ3) is 1.58. The second-order valence-corrected chi connectivity index (χ2v) is 3.30. The smallest absolute Gasteiger partial charge is 0.195 e. The first kappa shape index (κ1) is 8.84. The minimum atomic E-state index is 0.544. The van der Waals surface area contributed by atoms with Crippen molar-refractivity contribution in [2.24, 2.45) is 0 Å². The summed E-state index contributed by atoms with van der Waals surface area (Å²) < 4.78 is 4.62. The Morgan fingerprint density at radius 1 is 1.00 bits per heavy atom. The lowest BCUT2D eigenvalue weighted by atomic mass is 10.2. The molecule has 0 unspecified atom stereocenters. The molecule has 0 saturated heterocycles. The molecule has 0 radical (unpaired) electrons. The van der Waals surface area contributed by atoms with Crippen molar-refractivity contribution < 1.29 is 4.52 Å². The van der Waals surface area contributed by atoms with Gasteiger partial charge in [0.25, 0.3) is 0 Å². The van der Waals surface area contributed by atoms with E-state index in [9.17, 15) is 0 Å². The third-order valence-corrected chi connectivity index (χ3v) is 2.21. The average Bonchev–Trinajstić information content (AvgIpc) is 2.82. The van der Waals surface area contributed by atoms with Crippen LogP contribution in [0, 0.1) is 0 Å². The first-order valence-corrected chi connectivity index (χ1v) is 4.82. The molecule has 0 saturated carbocycles. The maximum atomic E-state index is 4.62. The standard InChI is InChI=1S/C11H8N4O/c1-2-4-9-8(3-1)5-6-10(12-9)13-11-7-16-15-14-11/h1-7H,(H,12,13). The highest BCUT2D eigenvalue weighted by molar-refractivity contribution is 5.80. The van der Waals surface area contributed by atoms with E-state index in [1.54, 1.807) is 0 Å². The number of benzene rings is 1. The van der Waals surface area contributed by atoms with E-state index >= 15 is 0 Å². The molecule has 0 aliphatic carbocycles. The van der Waals surface area contributed by atoms with Crippen molar-refractivity contribution in [3.63, 3.8) is 0 Å². The van der Waals surface area contributed by atoms with Gasteiger partial charge < -0.3 is 9.84 Å². The van der Waals surface area contributed by atoms with Crippen molar-refractivity contribution in [2.75, 3.05) is 5.32 Å². The molecule has 2 aromatic heterocycles. The monoisotopic (exact) mass is 212 g/mol. The van der Waals surface area contributed by atoms with Crippen LogP contribution in [0.25, 0.3) is 10.9 Å². The van der Waals surface area contributed by atoms with Gasteiger partial charge in [0.1, 0.15) is 5.82 Å². The highest BCUT2D eigenvalue weighted by Crippen LogP contribution is 2.16. The van der Waals surface area contributed by atoms with Crippen LogP contribution < -0.4 is 5.32 Å². The van der Waals surface area contributed by atoms with Crippen LogP contribution >= 0.6 is 0 Å². The Balaban J connectivity index is 1.99. The summed E-state index contributed by atoms with van der Waals surface area (Å²) in [5.74, 6) is 1.26. The summed E-state index contributed by atoms with van der Waals surface area (Å²) in [5, 5.41) is 11.2. The fraction of sp³-hybridized carbons (Fsp3) is 0. The topological polar surface area (TPSA) is 63.8 Å². The Morgan fingerprint density at radius 3 is 2.81 bits per heavy atom. The molecule has 3 aromatic rings. The van der Waals surface area contributed by atoms with Crippen molar-refractivity contribution in [3.8, 4) is 0 Å². The number of aromatic nitrogens is 3. The van der Waals surface area contributed by atoms with Crippen LogP contribution in [-0.2, 0) is 0 Å². The maximum absolute atomic E-state index is 4.62. The number of fused-ring (bicyclic) bond motifs is 1. The molecule has 0 aliphatic rings. The Labute approximate surface area is 91.1 Å². The van der Waals surface area contributed by atoms with Gasteiger partial charge in [-0.25, -0.2) is 4.98 Å². The summed E-state index contributed by atoms with van der Waals surface area (Å²) in [6, 6.07) is 11.8. The van der Waals surface area contributed by atoms with E-state index in [2.05, 4.69) is 25.2 Å². The minimum absolute atomic E-state index is 0.544. The van der Waals surface area contributed by atoms with Crippen molar-refractivity contribution in [1.82, 2.24) is 15.4 Å². The van der Waals surface area contributed by atoms with E-state index in [0.717, 1.165) is 16.7 Å². The molecule has 3 rings (SSSR count). The molecule has 78 valence electrons. The molecule has 16 heavy (non-hydrogen) atoms. The van der Waals surface area contributed by atoms with E-state index in [4.69, 9.17) is 0 Å². The Kier molecular flexibility index (Phi) is 2.00. The van der Waals surface area contributed by atoms with Gasteiger partial charge in [-0.05, 0) is 18.2 Å². The molecular formula is C11H8N4O. The number of nitrogens with zero attached hydrogens (tertiary/aromatic N) is 3. The summed E-state index contributed by atoms with van der Waals surface area (Å²) in [7, 11) is 0. The molecule has 5 nitrogen and oxygen atoms in total. The summed E-state index contributed by atoms with van der Waals surface area (Å²) in [6.07, 6.45) is 1.43. The first-order chi connectivity index (χ1) is 7.92. The summed E-state index contributed by atoms with van der Waals surface area (Å²) in [6.45, 7) is 0. The number of nitrogens with one attached hydrogen (secondary N) is 1. The molecule has 0 fully saturated rings. The molecule has 0 amide bonds. The number of pyridine rings is 1. The molecule has 0 atom stereocenters. The van der Waals surface area contributed by atoms with E-state index in [1.165, 1.54) is 6.26 Å². The second kappa shape index (κ2) is 3.62. The zero-order chi connectivity index (χ0) is 10.8. The van der Waals surface area contributed by atoms with Gasteiger partial charge in [0.15, 0.2) is 12.1 Å². The van der Waals surface area contributed by atoms with Gasteiger partial charge in [-0.15, -0.1) is 0 Å². The largest absolute Gasteiger partial charge is 0.343 e. The van der Waals surface area contributed by atoms with Crippen LogP contribution in [-0.4, -0.2) is 15.4 Å². The SMILES string of the molecule is c1ccc2nc(Nc3conn3)ccc2c1. The van der Waals surface area contributed by atoms with Gasteiger partial charge in [0.2, 0.25) is 0 Å². The summed E-state index contributed by atoms with van der Waals surface area (Å²) in [5.41, 5.74) is 0.934. The average molecular weight is 212 g/mol. The quantitative estimate of drug-likeness (QED) is 0.706. The Morgan fingerprint density at radius 2 is 1.94 bits per heavy atom. The van der Waals surface area contributed by atoms with E-state index in [-0.39, 0.29) is 0 Å². The van der Waals surface area contributed by atoms with E-state index in [0.29, 0.717) is 5.82 Å². The fourth-order valence-electron chi connectivity index (χ4n) is 1.49. The predicted molar refractivity (Wildman–Crippen MR) is 59.3 cm³/mol. The zero-order valence-corrected chi connectivity index (χ0v) is 8.29. The number of hydrogen-bond donors (Lipinski definition) is 1. The molecule has 1 aromatic carbocycles. The van der Waals surface area contributed by atoms with Gasteiger partial charge in [-0.1, -0.05) is 23.3 Å².